The molecule has 0 radical (unpaired) electrons. The minimum Gasteiger partial charge on any atom is -0.289 e. The van der Waals surface area contributed by atoms with Crippen molar-refractivity contribution in [2.24, 2.45) is 0 Å². The Morgan fingerprint density at radius 1 is 0.600 bits per heavy atom. The molecular formula is C25H8N4O. The Bertz CT molecular complexity index is 1530. The summed E-state index contributed by atoms with van der Waals surface area (Å²) >= 11 is 0. The van der Waals surface area contributed by atoms with Crippen molar-refractivity contribution in [1.82, 2.24) is 0 Å². The zero-order chi connectivity index (χ0) is 21.0. The summed E-state index contributed by atoms with van der Waals surface area (Å²) in [6.45, 7) is 0. The smallest absolute Gasteiger partial charge is 0.194 e. The lowest BCUT2D eigenvalue weighted by Gasteiger charge is -2.08. The van der Waals surface area contributed by atoms with Crippen molar-refractivity contribution in [2.75, 3.05) is 0 Å². The highest BCUT2D eigenvalue weighted by Crippen LogP contribution is 2.52. The van der Waals surface area contributed by atoms with Crippen LogP contribution in [0.3, 0.4) is 0 Å². The Hall–Kier alpha value is -4.97. The molecule has 0 amide bonds. The van der Waals surface area contributed by atoms with Crippen molar-refractivity contribution >= 4 is 11.4 Å². The average Bonchev–Trinajstić information content (AvgIpc) is 3.26. The third-order valence-electron chi connectivity index (χ3n) is 5.55. The third kappa shape index (κ3) is 2.04. The summed E-state index contributed by atoms with van der Waals surface area (Å²) in [7, 11) is 0. The molecular weight excluding hydrogens is 372 g/mol. The summed E-state index contributed by atoms with van der Waals surface area (Å²) in [6.07, 6.45) is 0. The fourth-order valence-corrected chi connectivity index (χ4v) is 4.31. The highest BCUT2D eigenvalue weighted by molar-refractivity contribution is 6.27. The van der Waals surface area contributed by atoms with Gasteiger partial charge in [0.25, 0.3) is 0 Å². The van der Waals surface area contributed by atoms with Crippen LogP contribution in [-0.2, 0) is 0 Å². The summed E-state index contributed by atoms with van der Waals surface area (Å²) in [6, 6.07) is 21.7. The molecule has 0 saturated carbocycles. The van der Waals surface area contributed by atoms with Crippen molar-refractivity contribution in [3.05, 3.63) is 87.5 Å². The van der Waals surface area contributed by atoms with Gasteiger partial charge < -0.3 is 0 Å². The molecule has 0 N–H and O–H groups in total. The summed E-state index contributed by atoms with van der Waals surface area (Å²) in [5, 5.41) is 37.5. The SMILES string of the molecule is N#CC(C#N)=C1c2cc(C#N)ccc2-c2c1ccc1c2C(=O)c2cc(C#N)ccc2-1. The predicted molar refractivity (Wildman–Crippen MR) is 107 cm³/mol. The molecule has 0 spiro atoms. The van der Waals surface area contributed by atoms with Gasteiger partial charge in [0.1, 0.15) is 17.7 Å². The first-order chi connectivity index (χ1) is 14.6. The lowest BCUT2D eigenvalue weighted by atomic mass is 9.93. The normalized spacial score (nSPS) is 11.9. The summed E-state index contributed by atoms with van der Waals surface area (Å²) < 4.78 is 0. The topological polar surface area (TPSA) is 112 Å². The third-order valence-corrected chi connectivity index (χ3v) is 5.55. The first-order valence-corrected chi connectivity index (χ1v) is 8.99. The van der Waals surface area contributed by atoms with Crippen molar-refractivity contribution in [1.29, 1.82) is 21.0 Å². The van der Waals surface area contributed by atoms with E-state index in [1.807, 2.05) is 24.3 Å². The number of hydrogen-bond acceptors (Lipinski definition) is 5. The van der Waals surface area contributed by atoms with Crippen LogP contribution in [0.2, 0.25) is 0 Å². The predicted octanol–water partition coefficient (Wildman–Crippen LogP) is 4.47. The van der Waals surface area contributed by atoms with E-state index < -0.39 is 0 Å². The quantitative estimate of drug-likeness (QED) is 0.368. The average molecular weight is 380 g/mol. The van der Waals surface area contributed by atoms with Gasteiger partial charge in [-0.25, -0.2) is 0 Å². The van der Waals surface area contributed by atoms with Crippen LogP contribution >= 0.6 is 0 Å². The molecule has 0 aliphatic heterocycles. The van der Waals surface area contributed by atoms with Crippen LogP contribution < -0.4 is 0 Å². The van der Waals surface area contributed by atoms with E-state index in [0.717, 1.165) is 11.1 Å². The zero-order valence-corrected chi connectivity index (χ0v) is 15.3. The molecule has 5 nitrogen and oxygen atoms in total. The number of nitrogens with zero attached hydrogens (tertiary/aromatic N) is 4. The number of nitriles is 4. The molecule has 2 aliphatic carbocycles. The summed E-state index contributed by atoms with van der Waals surface area (Å²) in [5.74, 6) is -0.194. The standard InChI is InChI=1S/C25H8N4O/c26-9-13-2-4-18-20(7-13)22(15(11-28)12-29)19-6-5-17-16-3-1-14(10-27)8-21(16)25(30)24(17)23(18)19/h1-8H. The Kier molecular flexibility index (Phi) is 3.44. The van der Waals surface area contributed by atoms with E-state index in [1.54, 1.807) is 36.4 Å². The van der Waals surface area contributed by atoms with E-state index in [4.69, 9.17) is 0 Å². The van der Waals surface area contributed by atoms with Gasteiger partial charge in [-0.05, 0) is 52.1 Å². The number of hydrogen-bond donors (Lipinski definition) is 0. The van der Waals surface area contributed by atoms with Crippen LogP contribution in [0.15, 0.2) is 54.1 Å². The van der Waals surface area contributed by atoms with E-state index in [0.29, 0.717) is 50.1 Å². The molecule has 30 heavy (non-hydrogen) atoms. The maximum Gasteiger partial charge on any atom is 0.194 e. The minimum atomic E-state index is -0.194. The van der Waals surface area contributed by atoms with Gasteiger partial charge in [-0.1, -0.05) is 24.3 Å². The molecule has 0 saturated heterocycles. The number of ketones is 1. The zero-order valence-electron chi connectivity index (χ0n) is 15.3. The van der Waals surface area contributed by atoms with Crippen molar-refractivity contribution in [3.8, 4) is 46.5 Å². The lowest BCUT2D eigenvalue weighted by Crippen LogP contribution is -1.99. The number of fused-ring (bicyclic) bond motifs is 7. The molecule has 0 bridgehead atoms. The second-order valence-corrected chi connectivity index (χ2v) is 6.96. The number of benzene rings is 3. The van der Waals surface area contributed by atoms with E-state index in [1.165, 1.54) is 0 Å². The largest absolute Gasteiger partial charge is 0.289 e. The molecule has 0 unspecified atom stereocenters. The lowest BCUT2D eigenvalue weighted by molar-refractivity contribution is 0.104. The maximum absolute atomic E-state index is 13.4. The highest BCUT2D eigenvalue weighted by atomic mass is 16.1. The monoisotopic (exact) mass is 380 g/mol. The fourth-order valence-electron chi connectivity index (χ4n) is 4.31. The molecule has 0 atom stereocenters. The van der Waals surface area contributed by atoms with Gasteiger partial charge in [0.15, 0.2) is 5.78 Å². The first-order valence-electron chi connectivity index (χ1n) is 8.99. The van der Waals surface area contributed by atoms with Gasteiger partial charge in [-0.3, -0.25) is 4.79 Å². The van der Waals surface area contributed by atoms with Crippen LogP contribution in [0.25, 0.3) is 27.8 Å². The van der Waals surface area contributed by atoms with Crippen molar-refractivity contribution < 1.29 is 4.79 Å². The molecule has 3 aromatic carbocycles. The molecule has 3 aromatic rings. The summed E-state index contributed by atoms with van der Waals surface area (Å²) in [5.41, 5.74) is 6.23. The number of allylic oxidation sites excluding steroid dienone is 1. The minimum absolute atomic E-state index is 0.0697. The van der Waals surface area contributed by atoms with Crippen LogP contribution in [0, 0.1) is 45.3 Å². The van der Waals surface area contributed by atoms with E-state index in [9.17, 15) is 25.8 Å². The van der Waals surface area contributed by atoms with Gasteiger partial charge >= 0.3 is 0 Å². The Morgan fingerprint density at radius 3 is 1.80 bits per heavy atom. The molecule has 2 aliphatic rings. The molecule has 0 aromatic heterocycles. The number of carbonyl (C=O) groups is 1. The summed E-state index contributed by atoms with van der Waals surface area (Å²) in [4.78, 5) is 13.4. The second-order valence-electron chi connectivity index (χ2n) is 6.96. The molecule has 5 heteroatoms. The molecule has 134 valence electrons. The van der Waals surface area contributed by atoms with Gasteiger partial charge in [-0.2, -0.15) is 21.0 Å². The van der Waals surface area contributed by atoms with Crippen molar-refractivity contribution in [3.63, 3.8) is 0 Å². The molecule has 5 rings (SSSR count). The fraction of sp³-hybridized carbons (Fsp3) is 0. The van der Waals surface area contributed by atoms with E-state index >= 15 is 0 Å². The number of carbonyl (C=O) groups excluding carboxylic acids is 1. The Balaban J connectivity index is 1.90. The van der Waals surface area contributed by atoms with Gasteiger partial charge in [-0.15, -0.1) is 0 Å². The Morgan fingerprint density at radius 2 is 1.17 bits per heavy atom. The highest BCUT2D eigenvalue weighted by Gasteiger charge is 2.36. The van der Waals surface area contributed by atoms with Crippen molar-refractivity contribution in [2.45, 2.75) is 0 Å². The van der Waals surface area contributed by atoms with Gasteiger partial charge in [0.05, 0.1) is 23.3 Å². The van der Waals surface area contributed by atoms with E-state index in [-0.39, 0.29) is 11.4 Å². The first kappa shape index (κ1) is 17.2. The molecule has 0 heterocycles. The van der Waals surface area contributed by atoms with Crippen LogP contribution in [0.4, 0.5) is 0 Å². The van der Waals surface area contributed by atoms with Crippen LogP contribution in [-0.4, -0.2) is 5.78 Å². The Labute approximate surface area is 171 Å². The molecule has 0 fully saturated rings. The van der Waals surface area contributed by atoms with Crippen LogP contribution in [0.5, 0.6) is 0 Å². The number of rotatable bonds is 0. The second kappa shape index (κ2) is 6.02. The van der Waals surface area contributed by atoms with E-state index in [2.05, 4.69) is 12.1 Å². The maximum atomic E-state index is 13.4. The van der Waals surface area contributed by atoms with Gasteiger partial charge in [0, 0.05) is 22.3 Å². The van der Waals surface area contributed by atoms with Gasteiger partial charge in [0.2, 0.25) is 0 Å². The van der Waals surface area contributed by atoms with Crippen LogP contribution in [0.1, 0.15) is 38.2 Å².